The zero-order chi connectivity index (χ0) is 13.5. The Morgan fingerprint density at radius 3 is 2.75 bits per heavy atom. The average molecular weight is 260 g/mol. The molecule has 0 fully saturated rings. The van der Waals surface area contributed by atoms with Crippen molar-refractivity contribution in [2.24, 2.45) is 7.05 Å². The van der Waals surface area contributed by atoms with Gasteiger partial charge in [-0.2, -0.15) is 0 Å². The first kappa shape index (κ1) is 11.5. The molecule has 0 spiro atoms. The van der Waals surface area contributed by atoms with Crippen molar-refractivity contribution in [2.75, 3.05) is 0 Å². The maximum Gasteiger partial charge on any atom is 0.140 e. The van der Waals surface area contributed by atoms with Gasteiger partial charge in [0.1, 0.15) is 5.82 Å². The highest BCUT2D eigenvalue weighted by molar-refractivity contribution is 5.90. The van der Waals surface area contributed by atoms with E-state index in [1.807, 2.05) is 6.07 Å². The Hall–Kier alpha value is -2.35. The lowest BCUT2D eigenvalue weighted by Crippen LogP contribution is -1.95. The summed E-state index contributed by atoms with van der Waals surface area (Å²) in [5.41, 5.74) is 6.21. The molecule has 1 aromatic heterocycles. The van der Waals surface area contributed by atoms with Crippen LogP contribution in [0.15, 0.2) is 48.5 Å². The van der Waals surface area contributed by atoms with E-state index in [1.165, 1.54) is 22.2 Å². The maximum absolute atomic E-state index is 4.91. The smallest absolute Gasteiger partial charge is 0.140 e. The number of rotatable bonds is 1. The van der Waals surface area contributed by atoms with Crippen LogP contribution in [0.25, 0.3) is 28.5 Å². The van der Waals surface area contributed by atoms with Gasteiger partial charge in [0.15, 0.2) is 0 Å². The molecule has 0 unspecified atom stereocenters. The van der Waals surface area contributed by atoms with Gasteiger partial charge in [-0.15, -0.1) is 0 Å². The van der Waals surface area contributed by atoms with Gasteiger partial charge < -0.3 is 4.57 Å². The molecule has 20 heavy (non-hydrogen) atoms. The van der Waals surface area contributed by atoms with Gasteiger partial charge in [0.25, 0.3) is 0 Å². The number of nitrogens with zero attached hydrogens (tertiary/aromatic N) is 2. The Balaban J connectivity index is 2.02. The van der Waals surface area contributed by atoms with Gasteiger partial charge in [-0.25, -0.2) is 4.98 Å². The SMILES string of the molecule is Cn1c(-c2ccccc2)nc2c3c(ccc21)CCC=C3. The summed E-state index contributed by atoms with van der Waals surface area (Å²) in [6.45, 7) is 0. The zero-order valence-electron chi connectivity index (χ0n) is 11.5. The van der Waals surface area contributed by atoms with Crippen molar-refractivity contribution in [2.45, 2.75) is 12.8 Å². The fraction of sp³-hybridized carbons (Fsp3) is 0.167. The first-order valence-electron chi connectivity index (χ1n) is 7.05. The van der Waals surface area contributed by atoms with E-state index in [1.54, 1.807) is 0 Å². The Kier molecular flexibility index (Phi) is 2.49. The molecule has 0 aliphatic heterocycles. The topological polar surface area (TPSA) is 17.8 Å². The Bertz CT molecular complexity index is 810. The van der Waals surface area contributed by atoms with E-state index in [2.05, 4.69) is 60.2 Å². The first-order valence-corrected chi connectivity index (χ1v) is 7.05. The van der Waals surface area contributed by atoms with Crippen LogP contribution in [0.4, 0.5) is 0 Å². The van der Waals surface area contributed by atoms with Gasteiger partial charge in [-0.3, -0.25) is 0 Å². The summed E-state index contributed by atoms with van der Waals surface area (Å²) < 4.78 is 2.19. The van der Waals surface area contributed by atoms with Gasteiger partial charge in [0.05, 0.1) is 11.0 Å². The molecule has 1 aliphatic carbocycles. The summed E-state index contributed by atoms with van der Waals surface area (Å²) in [5.74, 6) is 1.04. The Morgan fingerprint density at radius 1 is 1.05 bits per heavy atom. The molecule has 1 aliphatic rings. The first-order chi connectivity index (χ1) is 9.84. The van der Waals surface area contributed by atoms with Crippen molar-refractivity contribution < 1.29 is 0 Å². The molecule has 1 heterocycles. The molecule has 2 nitrogen and oxygen atoms in total. The third-order valence-electron chi connectivity index (χ3n) is 4.08. The monoisotopic (exact) mass is 260 g/mol. The molecule has 2 heteroatoms. The number of aromatic nitrogens is 2. The lowest BCUT2D eigenvalue weighted by Gasteiger charge is -2.10. The van der Waals surface area contributed by atoms with Crippen LogP contribution in [-0.4, -0.2) is 9.55 Å². The molecular weight excluding hydrogens is 244 g/mol. The standard InChI is InChI=1S/C18H16N2/c1-20-16-12-11-13-7-5-6-10-15(13)17(16)19-18(20)14-8-3-2-4-9-14/h2-4,6,8-12H,5,7H2,1H3. The maximum atomic E-state index is 4.91. The fourth-order valence-corrected chi connectivity index (χ4v) is 3.01. The van der Waals surface area contributed by atoms with Crippen LogP contribution in [0, 0.1) is 0 Å². The summed E-state index contributed by atoms with van der Waals surface area (Å²) in [7, 11) is 2.09. The minimum absolute atomic E-state index is 1.04. The number of imidazole rings is 1. The predicted octanol–water partition coefficient (Wildman–Crippen LogP) is 4.20. The quantitative estimate of drug-likeness (QED) is 0.641. The highest BCUT2D eigenvalue weighted by atomic mass is 15.1. The molecule has 0 atom stereocenters. The van der Waals surface area contributed by atoms with E-state index in [9.17, 15) is 0 Å². The normalized spacial score (nSPS) is 13.7. The van der Waals surface area contributed by atoms with Crippen molar-refractivity contribution in [3.05, 3.63) is 59.7 Å². The van der Waals surface area contributed by atoms with Crippen LogP contribution in [0.2, 0.25) is 0 Å². The number of aryl methyl sites for hydroxylation is 2. The number of allylic oxidation sites excluding steroid dienone is 1. The fourth-order valence-electron chi connectivity index (χ4n) is 3.01. The molecular formula is C18H16N2. The minimum Gasteiger partial charge on any atom is -0.327 e. The number of fused-ring (bicyclic) bond motifs is 3. The van der Waals surface area contributed by atoms with E-state index in [-0.39, 0.29) is 0 Å². The van der Waals surface area contributed by atoms with E-state index < -0.39 is 0 Å². The molecule has 0 saturated heterocycles. The molecule has 4 rings (SSSR count). The van der Waals surface area contributed by atoms with E-state index >= 15 is 0 Å². The van der Waals surface area contributed by atoms with Crippen molar-refractivity contribution in [1.29, 1.82) is 0 Å². The molecule has 98 valence electrons. The van der Waals surface area contributed by atoms with Crippen LogP contribution in [0.5, 0.6) is 0 Å². The molecule has 0 bridgehead atoms. The molecule has 0 saturated carbocycles. The third-order valence-corrected chi connectivity index (χ3v) is 4.08. The molecule has 2 aromatic carbocycles. The Morgan fingerprint density at radius 2 is 1.90 bits per heavy atom. The second-order valence-electron chi connectivity index (χ2n) is 5.31. The second kappa shape index (κ2) is 4.34. The molecule has 0 amide bonds. The van der Waals surface area contributed by atoms with Gasteiger partial charge in [-0.05, 0) is 24.5 Å². The van der Waals surface area contributed by atoms with Crippen LogP contribution >= 0.6 is 0 Å². The molecule has 0 N–H and O–H groups in total. The molecule has 3 aromatic rings. The van der Waals surface area contributed by atoms with Crippen molar-refractivity contribution in [3.8, 4) is 11.4 Å². The summed E-state index contributed by atoms with van der Waals surface area (Å²) in [4.78, 5) is 4.91. The van der Waals surface area contributed by atoms with Gasteiger partial charge in [0.2, 0.25) is 0 Å². The van der Waals surface area contributed by atoms with Crippen LogP contribution < -0.4 is 0 Å². The van der Waals surface area contributed by atoms with Crippen molar-refractivity contribution >= 4 is 17.1 Å². The van der Waals surface area contributed by atoms with Gasteiger partial charge in [-0.1, -0.05) is 48.6 Å². The highest BCUT2D eigenvalue weighted by Gasteiger charge is 2.15. The second-order valence-corrected chi connectivity index (χ2v) is 5.31. The average Bonchev–Trinajstić information content (AvgIpc) is 2.86. The highest BCUT2D eigenvalue weighted by Crippen LogP contribution is 2.30. The van der Waals surface area contributed by atoms with Gasteiger partial charge in [0, 0.05) is 18.2 Å². The Labute approximate surface area is 118 Å². The zero-order valence-corrected chi connectivity index (χ0v) is 11.5. The van der Waals surface area contributed by atoms with E-state index in [0.29, 0.717) is 0 Å². The van der Waals surface area contributed by atoms with Gasteiger partial charge >= 0.3 is 0 Å². The lowest BCUT2D eigenvalue weighted by atomic mass is 9.96. The molecule has 0 radical (unpaired) electrons. The van der Waals surface area contributed by atoms with Crippen LogP contribution in [-0.2, 0) is 13.5 Å². The summed E-state index contributed by atoms with van der Waals surface area (Å²) in [5, 5.41) is 0. The number of hydrogen-bond donors (Lipinski definition) is 0. The number of hydrogen-bond acceptors (Lipinski definition) is 1. The summed E-state index contributed by atoms with van der Waals surface area (Å²) in [6.07, 6.45) is 6.73. The predicted molar refractivity (Wildman–Crippen MR) is 83.5 cm³/mol. The largest absolute Gasteiger partial charge is 0.327 e. The summed E-state index contributed by atoms with van der Waals surface area (Å²) >= 11 is 0. The van der Waals surface area contributed by atoms with Crippen molar-refractivity contribution in [3.63, 3.8) is 0 Å². The van der Waals surface area contributed by atoms with E-state index in [4.69, 9.17) is 4.98 Å². The summed E-state index contributed by atoms with van der Waals surface area (Å²) in [6, 6.07) is 14.8. The lowest BCUT2D eigenvalue weighted by molar-refractivity contribution is 0.958. The van der Waals surface area contributed by atoms with Crippen LogP contribution in [0.3, 0.4) is 0 Å². The number of benzene rings is 2. The van der Waals surface area contributed by atoms with Crippen LogP contribution in [0.1, 0.15) is 17.5 Å². The third kappa shape index (κ3) is 1.61. The minimum atomic E-state index is 1.04. The van der Waals surface area contributed by atoms with Crippen molar-refractivity contribution in [1.82, 2.24) is 9.55 Å². The van der Waals surface area contributed by atoms with E-state index in [0.717, 1.165) is 24.2 Å².